The van der Waals surface area contributed by atoms with E-state index in [9.17, 15) is 0 Å². The molecule has 3 heteroatoms. The summed E-state index contributed by atoms with van der Waals surface area (Å²) >= 11 is 6.18. The number of amidine groups is 1. The lowest BCUT2D eigenvalue weighted by Crippen LogP contribution is -2.08. The zero-order chi connectivity index (χ0) is 16.1. The molecule has 0 saturated carbocycles. The molecule has 112 valence electrons. The molecule has 3 aromatic rings. The largest absolute Gasteiger partial charge is 0.282 e. The summed E-state index contributed by atoms with van der Waals surface area (Å²) in [7, 11) is 0. The van der Waals surface area contributed by atoms with Gasteiger partial charge in [-0.1, -0.05) is 84.4 Å². The fourth-order valence-corrected chi connectivity index (χ4v) is 2.54. The summed E-state index contributed by atoms with van der Waals surface area (Å²) in [6.07, 6.45) is 0. The Morgan fingerprint density at radius 2 is 1.17 bits per heavy atom. The number of hydrogen-bond acceptors (Lipinski definition) is 1. The summed E-state index contributed by atoms with van der Waals surface area (Å²) in [4.78, 5) is 4.56. The van der Waals surface area contributed by atoms with Crippen molar-refractivity contribution in [3.05, 3.63) is 107 Å². The molecule has 2 nitrogen and oxygen atoms in total. The monoisotopic (exact) mass is 318 g/mol. The zero-order valence-corrected chi connectivity index (χ0v) is 13.2. The number of nitrogens with one attached hydrogen (secondary N) is 1. The number of benzene rings is 3. The van der Waals surface area contributed by atoms with E-state index >= 15 is 0 Å². The van der Waals surface area contributed by atoms with Crippen molar-refractivity contribution in [3.8, 4) is 0 Å². The van der Waals surface area contributed by atoms with E-state index in [1.165, 1.54) is 0 Å². The summed E-state index contributed by atoms with van der Waals surface area (Å²) in [5.41, 5.74) is 3.32. The van der Waals surface area contributed by atoms with Crippen molar-refractivity contribution < 1.29 is 0 Å². The average molecular weight is 319 g/mol. The van der Waals surface area contributed by atoms with Gasteiger partial charge in [0.25, 0.3) is 0 Å². The summed E-state index contributed by atoms with van der Waals surface area (Å²) in [5.74, 6) is 0.151. The predicted octanol–water partition coefficient (Wildman–Crippen LogP) is 5.20. The SMILES string of the molecule is N=C(N=C(c1ccccc1)c1ccccc1)c1ccccc1Cl. The van der Waals surface area contributed by atoms with Crippen LogP contribution < -0.4 is 0 Å². The van der Waals surface area contributed by atoms with Gasteiger partial charge in [0.1, 0.15) is 0 Å². The van der Waals surface area contributed by atoms with Crippen LogP contribution >= 0.6 is 11.6 Å². The molecule has 0 amide bonds. The van der Waals surface area contributed by atoms with Crippen LogP contribution in [0.25, 0.3) is 0 Å². The molecule has 23 heavy (non-hydrogen) atoms. The third-order valence-electron chi connectivity index (χ3n) is 3.45. The lowest BCUT2D eigenvalue weighted by atomic mass is 10.0. The van der Waals surface area contributed by atoms with Crippen LogP contribution in [0.5, 0.6) is 0 Å². The Hall–Kier alpha value is -2.71. The molecule has 3 rings (SSSR count). The summed E-state index contributed by atoms with van der Waals surface area (Å²) in [5, 5.41) is 8.86. The topological polar surface area (TPSA) is 36.2 Å². The first-order valence-electron chi connectivity index (χ1n) is 7.28. The van der Waals surface area contributed by atoms with Gasteiger partial charge in [-0.05, 0) is 12.1 Å². The van der Waals surface area contributed by atoms with Crippen molar-refractivity contribution in [1.82, 2.24) is 0 Å². The maximum absolute atomic E-state index is 8.33. The smallest absolute Gasteiger partial charge is 0.153 e. The molecule has 0 atom stereocenters. The van der Waals surface area contributed by atoms with Crippen molar-refractivity contribution in [2.75, 3.05) is 0 Å². The van der Waals surface area contributed by atoms with Gasteiger partial charge in [-0.25, -0.2) is 4.99 Å². The Balaban J connectivity index is 2.09. The Labute approximate surface area is 140 Å². The zero-order valence-electron chi connectivity index (χ0n) is 12.4. The molecule has 0 fully saturated rings. The minimum Gasteiger partial charge on any atom is -0.282 e. The molecule has 0 saturated heterocycles. The molecule has 0 aromatic heterocycles. The molecule has 0 bridgehead atoms. The van der Waals surface area contributed by atoms with Crippen molar-refractivity contribution in [1.29, 1.82) is 5.41 Å². The second kappa shape index (κ2) is 7.03. The molecule has 0 unspecified atom stereocenters. The lowest BCUT2D eigenvalue weighted by molar-refractivity contribution is 1.41. The number of halogens is 1. The molecule has 0 aliphatic rings. The van der Waals surface area contributed by atoms with Crippen LogP contribution in [0.1, 0.15) is 16.7 Å². The third kappa shape index (κ3) is 3.55. The Morgan fingerprint density at radius 3 is 1.70 bits per heavy atom. The Bertz CT molecular complexity index is 798. The van der Waals surface area contributed by atoms with Crippen LogP contribution in [0.15, 0.2) is 89.9 Å². The highest BCUT2D eigenvalue weighted by Gasteiger charge is 2.10. The third-order valence-corrected chi connectivity index (χ3v) is 3.78. The van der Waals surface area contributed by atoms with Crippen LogP contribution in [0.4, 0.5) is 0 Å². The summed E-state index contributed by atoms with van der Waals surface area (Å²) in [6.45, 7) is 0. The molecule has 0 radical (unpaired) electrons. The van der Waals surface area contributed by atoms with E-state index in [4.69, 9.17) is 17.0 Å². The second-order valence-corrected chi connectivity index (χ2v) is 5.43. The molecule has 3 aromatic carbocycles. The highest BCUT2D eigenvalue weighted by atomic mass is 35.5. The van der Waals surface area contributed by atoms with Crippen LogP contribution in [0, 0.1) is 5.41 Å². The number of aliphatic imine (C=N–C) groups is 1. The minimum atomic E-state index is 0.151. The molecule has 0 heterocycles. The highest BCUT2D eigenvalue weighted by Crippen LogP contribution is 2.18. The van der Waals surface area contributed by atoms with Crippen molar-refractivity contribution >= 4 is 23.1 Å². The minimum absolute atomic E-state index is 0.151. The van der Waals surface area contributed by atoms with E-state index in [2.05, 4.69) is 4.99 Å². The molecule has 0 aliphatic carbocycles. The van der Waals surface area contributed by atoms with Gasteiger partial charge in [-0.3, -0.25) is 5.41 Å². The first-order chi connectivity index (χ1) is 11.3. The normalized spacial score (nSPS) is 10.1. The van der Waals surface area contributed by atoms with E-state index in [0.29, 0.717) is 10.6 Å². The number of hydrogen-bond donors (Lipinski definition) is 1. The Kier molecular flexibility index (Phi) is 4.65. The lowest BCUT2D eigenvalue weighted by Gasteiger charge is -2.09. The van der Waals surface area contributed by atoms with Gasteiger partial charge in [0.2, 0.25) is 0 Å². The molecule has 0 aliphatic heterocycles. The predicted molar refractivity (Wildman–Crippen MR) is 96.8 cm³/mol. The van der Waals surface area contributed by atoms with Crippen molar-refractivity contribution in [2.24, 2.45) is 4.99 Å². The average Bonchev–Trinajstić information content (AvgIpc) is 2.61. The Morgan fingerprint density at radius 1 is 0.696 bits per heavy atom. The van der Waals surface area contributed by atoms with Gasteiger partial charge < -0.3 is 0 Å². The van der Waals surface area contributed by atoms with Gasteiger partial charge in [0, 0.05) is 16.7 Å². The summed E-state index contributed by atoms with van der Waals surface area (Å²) < 4.78 is 0. The molecular weight excluding hydrogens is 304 g/mol. The van der Waals surface area contributed by atoms with Gasteiger partial charge >= 0.3 is 0 Å². The standard InChI is InChI=1S/C20H15ClN2/c21-18-14-8-7-13-17(18)20(22)23-19(15-9-3-1-4-10-15)16-11-5-2-6-12-16/h1-14,22H. The van der Waals surface area contributed by atoms with Gasteiger partial charge in [0.05, 0.1) is 10.7 Å². The molecule has 1 N–H and O–H groups in total. The van der Waals surface area contributed by atoms with Gasteiger partial charge in [0.15, 0.2) is 5.84 Å². The van der Waals surface area contributed by atoms with E-state index in [1.54, 1.807) is 6.07 Å². The van der Waals surface area contributed by atoms with Gasteiger partial charge in [-0.15, -0.1) is 0 Å². The fourth-order valence-electron chi connectivity index (χ4n) is 2.31. The van der Waals surface area contributed by atoms with E-state index in [1.807, 2.05) is 78.9 Å². The van der Waals surface area contributed by atoms with Gasteiger partial charge in [-0.2, -0.15) is 0 Å². The van der Waals surface area contributed by atoms with Crippen molar-refractivity contribution in [2.45, 2.75) is 0 Å². The van der Waals surface area contributed by atoms with E-state index in [0.717, 1.165) is 16.8 Å². The van der Waals surface area contributed by atoms with Crippen LogP contribution in [0.3, 0.4) is 0 Å². The van der Waals surface area contributed by atoms with E-state index < -0.39 is 0 Å². The van der Waals surface area contributed by atoms with Crippen molar-refractivity contribution in [3.63, 3.8) is 0 Å². The van der Waals surface area contributed by atoms with Crippen LogP contribution in [0.2, 0.25) is 5.02 Å². The molecule has 0 spiro atoms. The number of nitrogens with zero attached hydrogens (tertiary/aromatic N) is 1. The first kappa shape index (κ1) is 15.2. The number of rotatable bonds is 3. The highest BCUT2D eigenvalue weighted by molar-refractivity contribution is 6.34. The maximum Gasteiger partial charge on any atom is 0.153 e. The maximum atomic E-state index is 8.33. The quantitative estimate of drug-likeness (QED) is 0.509. The van der Waals surface area contributed by atoms with Crippen LogP contribution in [-0.2, 0) is 0 Å². The summed E-state index contributed by atoms with van der Waals surface area (Å²) in [6, 6.07) is 27.0. The fraction of sp³-hybridized carbons (Fsp3) is 0. The van der Waals surface area contributed by atoms with E-state index in [-0.39, 0.29) is 5.84 Å². The second-order valence-electron chi connectivity index (χ2n) is 5.02. The van der Waals surface area contributed by atoms with Crippen LogP contribution in [-0.4, -0.2) is 11.5 Å². The first-order valence-corrected chi connectivity index (χ1v) is 7.66. The molecular formula is C20H15ClN2.